The zero-order valence-corrected chi connectivity index (χ0v) is 6.45. The minimum atomic E-state index is 0.125. The highest BCUT2D eigenvalue weighted by Gasteiger charge is 2.29. The van der Waals surface area contributed by atoms with Crippen LogP contribution in [0.5, 0.6) is 0 Å². The van der Waals surface area contributed by atoms with Crippen molar-refractivity contribution in [3.63, 3.8) is 0 Å². The van der Waals surface area contributed by atoms with Gasteiger partial charge in [-0.2, -0.15) is 0 Å². The van der Waals surface area contributed by atoms with Crippen LogP contribution in [0.15, 0.2) is 36.0 Å². The molecule has 0 saturated carbocycles. The fourth-order valence-corrected chi connectivity index (χ4v) is 1.72. The van der Waals surface area contributed by atoms with Gasteiger partial charge in [0.15, 0.2) is 5.78 Å². The molecule has 0 heterocycles. The van der Waals surface area contributed by atoms with Crippen LogP contribution in [0.3, 0.4) is 0 Å². The van der Waals surface area contributed by atoms with Gasteiger partial charge in [0.2, 0.25) is 0 Å². The van der Waals surface area contributed by atoms with Crippen molar-refractivity contribution in [1.82, 2.24) is 0 Å². The molecule has 0 aromatic rings. The average Bonchev–Trinajstić information content (AvgIpc) is 2.34. The second-order valence-corrected chi connectivity index (χ2v) is 3.12. The first-order valence-corrected chi connectivity index (χ1v) is 3.89. The third-order valence-electron chi connectivity index (χ3n) is 2.33. The monoisotopic (exact) mass is 146 g/mol. The van der Waals surface area contributed by atoms with Crippen molar-refractivity contribution in [2.24, 2.45) is 11.8 Å². The first-order valence-electron chi connectivity index (χ1n) is 3.89. The Balaban J connectivity index is 2.41. The summed E-state index contributed by atoms with van der Waals surface area (Å²) >= 11 is 0. The molecule has 0 aromatic heterocycles. The highest BCUT2D eigenvalue weighted by Crippen LogP contribution is 2.32. The predicted octanol–water partition coefficient (Wildman–Crippen LogP) is 1.87. The predicted molar refractivity (Wildman–Crippen MR) is 44.0 cm³/mol. The summed E-state index contributed by atoms with van der Waals surface area (Å²) in [7, 11) is 0. The molecule has 1 heteroatoms. The number of hydrogen-bond acceptors (Lipinski definition) is 1. The van der Waals surface area contributed by atoms with Crippen LogP contribution >= 0.6 is 0 Å². The van der Waals surface area contributed by atoms with E-state index in [4.69, 9.17) is 0 Å². The number of allylic oxidation sites excluding steroid dienone is 6. The molecule has 0 bridgehead atoms. The van der Waals surface area contributed by atoms with Crippen LogP contribution < -0.4 is 0 Å². The van der Waals surface area contributed by atoms with E-state index in [1.807, 2.05) is 12.2 Å². The topological polar surface area (TPSA) is 17.1 Å². The maximum atomic E-state index is 11.3. The van der Waals surface area contributed by atoms with E-state index >= 15 is 0 Å². The van der Waals surface area contributed by atoms with Crippen LogP contribution in [-0.4, -0.2) is 5.78 Å². The molecule has 0 amide bonds. The Morgan fingerprint density at radius 1 is 1.36 bits per heavy atom. The molecule has 2 aliphatic carbocycles. The van der Waals surface area contributed by atoms with Crippen LogP contribution in [0.2, 0.25) is 0 Å². The lowest BCUT2D eigenvalue weighted by Gasteiger charge is -2.15. The number of ketones is 1. The van der Waals surface area contributed by atoms with Crippen molar-refractivity contribution in [2.45, 2.75) is 6.92 Å². The van der Waals surface area contributed by atoms with E-state index in [1.165, 1.54) is 5.57 Å². The lowest BCUT2D eigenvalue weighted by atomic mass is 9.86. The maximum Gasteiger partial charge on any atom is 0.163 e. The summed E-state index contributed by atoms with van der Waals surface area (Å²) < 4.78 is 0. The molecule has 2 atom stereocenters. The standard InChI is InChI=1S/C10H10O/c1-7-5-6-8-3-2-4-9(11)10(7)8/h2-7,10H,1H3. The highest BCUT2D eigenvalue weighted by molar-refractivity contribution is 5.96. The summed E-state index contributed by atoms with van der Waals surface area (Å²) in [5, 5.41) is 0. The van der Waals surface area contributed by atoms with Crippen LogP contribution in [0.25, 0.3) is 0 Å². The summed E-state index contributed by atoms with van der Waals surface area (Å²) in [6, 6.07) is 0. The van der Waals surface area contributed by atoms with Gasteiger partial charge in [0.25, 0.3) is 0 Å². The fourth-order valence-electron chi connectivity index (χ4n) is 1.72. The van der Waals surface area contributed by atoms with Crippen molar-refractivity contribution in [3.05, 3.63) is 36.0 Å². The van der Waals surface area contributed by atoms with E-state index in [-0.39, 0.29) is 11.7 Å². The van der Waals surface area contributed by atoms with Gasteiger partial charge in [-0.1, -0.05) is 31.2 Å². The maximum absolute atomic E-state index is 11.3. The van der Waals surface area contributed by atoms with Crippen molar-refractivity contribution in [1.29, 1.82) is 0 Å². The van der Waals surface area contributed by atoms with Gasteiger partial charge in [-0.25, -0.2) is 0 Å². The minimum Gasteiger partial charge on any atom is -0.294 e. The Bertz CT molecular complexity index is 281. The molecular weight excluding hydrogens is 136 g/mol. The zero-order chi connectivity index (χ0) is 7.84. The average molecular weight is 146 g/mol. The second kappa shape index (κ2) is 2.19. The van der Waals surface area contributed by atoms with Gasteiger partial charge in [0, 0.05) is 0 Å². The first kappa shape index (κ1) is 6.59. The third kappa shape index (κ3) is 0.881. The number of fused-ring (bicyclic) bond motifs is 1. The number of hydrogen-bond donors (Lipinski definition) is 0. The summed E-state index contributed by atoms with van der Waals surface area (Å²) in [6.07, 6.45) is 9.67. The Morgan fingerprint density at radius 3 is 2.91 bits per heavy atom. The molecule has 2 aliphatic rings. The van der Waals surface area contributed by atoms with Gasteiger partial charge in [-0.05, 0) is 17.6 Å². The smallest absolute Gasteiger partial charge is 0.163 e. The van der Waals surface area contributed by atoms with Gasteiger partial charge in [-0.15, -0.1) is 0 Å². The summed E-state index contributed by atoms with van der Waals surface area (Å²) in [6.45, 7) is 2.08. The molecule has 2 unspecified atom stereocenters. The van der Waals surface area contributed by atoms with Crippen molar-refractivity contribution < 1.29 is 4.79 Å². The van der Waals surface area contributed by atoms with E-state index in [0.717, 1.165) is 0 Å². The lowest BCUT2D eigenvalue weighted by Crippen LogP contribution is -2.18. The molecule has 0 saturated heterocycles. The van der Waals surface area contributed by atoms with Crippen molar-refractivity contribution >= 4 is 5.78 Å². The molecule has 0 fully saturated rings. The molecule has 0 aromatic carbocycles. The quantitative estimate of drug-likeness (QED) is 0.510. The molecule has 1 nitrogen and oxygen atoms in total. The molecule has 0 radical (unpaired) electrons. The van der Waals surface area contributed by atoms with Gasteiger partial charge in [-0.3, -0.25) is 4.79 Å². The van der Waals surface area contributed by atoms with E-state index in [2.05, 4.69) is 19.1 Å². The Hall–Kier alpha value is -1.11. The minimum absolute atomic E-state index is 0.125. The van der Waals surface area contributed by atoms with E-state index in [9.17, 15) is 4.79 Å². The molecule has 2 rings (SSSR count). The highest BCUT2D eigenvalue weighted by atomic mass is 16.1. The number of rotatable bonds is 0. The van der Waals surface area contributed by atoms with E-state index in [1.54, 1.807) is 6.08 Å². The van der Waals surface area contributed by atoms with Gasteiger partial charge < -0.3 is 0 Å². The van der Waals surface area contributed by atoms with Crippen LogP contribution in [0.4, 0.5) is 0 Å². The largest absolute Gasteiger partial charge is 0.294 e. The molecular formula is C10H10O. The lowest BCUT2D eigenvalue weighted by molar-refractivity contribution is -0.117. The Kier molecular flexibility index (Phi) is 1.31. The van der Waals surface area contributed by atoms with Gasteiger partial charge >= 0.3 is 0 Å². The Labute approximate surface area is 66.1 Å². The van der Waals surface area contributed by atoms with Gasteiger partial charge in [0.1, 0.15) is 0 Å². The normalized spacial score (nSPS) is 33.9. The third-order valence-corrected chi connectivity index (χ3v) is 2.33. The first-order chi connectivity index (χ1) is 5.29. The van der Waals surface area contributed by atoms with Crippen LogP contribution in [-0.2, 0) is 4.79 Å². The zero-order valence-electron chi connectivity index (χ0n) is 6.45. The van der Waals surface area contributed by atoms with Crippen LogP contribution in [0, 0.1) is 11.8 Å². The number of carbonyl (C=O) groups is 1. The molecule has 0 aliphatic heterocycles. The molecule has 0 N–H and O–H groups in total. The van der Waals surface area contributed by atoms with E-state index < -0.39 is 0 Å². The molecule has 11 heavy (non-hydrogen) atoms. The summed E-state index contributed by atoms with van der Waals surface area (Å²) in [4.78, 5) is 11.3. The van der Waals surface area contributed by atoms with Crippen molar-refractivity contribution in [2.75, 3.05) is 0 Å². The SMILES string of the molecule is CC1C=CC2=CC=CC(=O)C21. The van der Waals surface area contributed by atoms with Crippen LogP contribution in [0.1, 0.15) is 6.92 Å². The fraction of sp³-hybridized carbons (Fsp3) is 0.300. The van der Waals surface area contributed by atoms with E-state index in [0.29, 0.717) is 5.92 Å². The Morgan fingerprint density at radius 2 is 2.18 bits per heavy atom. The molecule has 0 spiro atoms. The molecule has 56 valence electrons. The van der Waals surface area contributed by atoms with Crippen molar-refractivity contribution in [3.8, 4) is 0 Å². The van der Waals surface area contributed by atoms with Gasteiger partial charge in [0.05, 0.1) is 5.92 Å². The summed E-state index contributed by atoms with van der Waals surface area (Å²) in [5.41, 5.74) is 1.17. The number of carbonyl (C=O) groups excluding carboxylic acids is 1. The summed E-state index contributed by atoms with van der Waals surface area (Å²) in [5.74, 6) is 0.763. The second-order valence-electron chi connectivity index (χ2n) is 3.12.